The lowest BCUT2D eigenvalue weighted by Crippen LogP contribution is -2.18. The molecule has 24 heavy (non-hydrogen) atoms. The van der Waals surface area contributed by atoms with Crippen LogP contribution in [-0.4, -0.2) is 17.9 Å². The zero-order chi connectivity index (χ0) is 17.1. The molecule has 126 valence electrons. The standard InChI is InChI=1S/C17H18ClN3O3/c1-10(22)19-9-13-5-7-16(24-13)17(23)21-15-8-11(18)2-6-14(15)20-12-3-4-12/h2,5-8,12,20H,3-4,9H2,1H3,(H,19,22)(H,21,23). The summed E-state index contributed by atoms with van der Waals surface area (Å²) in [5, 5.41) is 9.32. The third-order valence-electron chi connectivity index (χ3n) is 3.56. The van der Waals surface area contributed by atoms with Crippen LogP contribution >= 0.6 is 11.6 Å². The topological polar surface area (TPSA) is 83.4 Å². The first-order valence-corrected chi connectivity index (χ1v) is 8.09. The van der Waals surface area contributed by atoms with Crippen LogP contribution < -0.4 is 16.0 Å². The highest BCUT2D eigenvalue weighted by molar-refractivity contribution is 6.31. The molecule has 1 aromatic heterocycles. The highest BCUT2D eigenvalue weighted by atomic mass is 35.5. The van der Waals surface area contributed by atoms with Crippen molar-refractivity contribution in [3.63, 3.8) is 0 Å². The average Bonchev–Trinajstić information content (AvgIpc) is 3.22. The van der Waals surface area contributed by atoms with Crippen LogP contribution in [0.15, 0.2) is 34.7 Å². The molecule has 0 bridgehead atoms. The summed E-state index contributed by atoms with van der Waals surface area (Å²) in [6, 6.07) is 9.01. The summed E-state index contributed by atoms with van der Waals surface area (Å²) in [5.74, 6) is 0.155. The fourth-order valence-electron chi connectivity index (χ4n) is 2.18. The van der Waals surface area contributed by atoms with Crippen molar-refractivity contribution in [3.05, 3.63) is 46.9 Å². The van der Waals surface area contributed by atoms with E-state index >= 15 is 0 Å². The number of furan rings is 1. The first-order chi connectivity index (χ1) is 11.5. The molecule has 1 aliphatic carbocycles. The van der Waals surface area contributed by atoms with Crippen LogP contribution in [0.4, 0.5) is 11.4 Å². The largest absolute Gasteiger partial charge is 0.454 e. The van der Waals surface area contributed by atoms with E-state index < -0.39 is 0 Å². The third kappa shape index (κ3) is 4.29. The van der Waals surface area contributed by atoms with Crippen molar-refractivity contribution >= 4 is 34.8 Å². The number of hydrogen-bond donors (Lipinski definition) is 3. The van der Waals surface area contributed by atoms with Gasteiger partial charge >= 0.3 is 0 Å². The molecule has 0 aliphatic heterocycles. The summed E-state index contributed by atoms with van der Waals surface area (Å²) in [6.45, 7) is 1.67. The predicted molar refractivity (Wildman–Crippen MR) is 92.3 cm³/mol. The van der Waals surface area contributed by atoms with Crippen LogP contribution in [0.25, 0.3) is 0 Å². The molecule has 3 N–H and O–H groups in total. The first-order valence-electron chi connectivity index (χ1n) is 7.72. The quantitative estimate of drug-likeness (QED) is 0.747. The Morgan fingerprint density at radius 3 is 2.71 bits per heavy atom. The van der Waals surface area contributed by atoms with Gasteiger partial charge < -0.3 is 20.4 Å². The van der Waals surface area contributed by atoms with E-state index in [4.69, 9.17) is 16.0 Å². The van der Waals surface area contributed by atoms with Gasteiger partial charge in [-0.3, -0.25) is 9.59 Å². The lowest BCUT2D eigenvalue weighted by molar-refractivity contribution is -0.119. The molecule has 7 heteroatoms. The molecular formula is C17H18ClN3O3. The van der Waals surface area contributed by atoms with E-state index in [-0.39, 0.29) is 24.1 Å². The monoisotopic (exact) mass is 347 g/mol. The van der Waals surface area contributed by atoms with Crippen LogP contribution in [-0.2, 0) is 11.3 Å². The van der Waals surface area contributed by atoms with E-state index in [1.54, 1.807) is 24.3 Å². The maximum atomic E-state index is 12.4. The Balaban J connectivity index is 1.70. The van der Waals surface area contributed by atoms with Gasteiger partial charge in [0.15, 0.2) is 5.76 Å². The Labute approximate surface area is 144 Å². The SMILES string of the molecule is CC(=O)NCc1ccc(C(=O)Nc2cc(Cl)ccc2NC2CC2)o1. The van der Waals surface area contributed by atoms with E-state index in [1.807, 2.05) is 6.07 Å². The highest BCUT2D eigenvalue weighted by Crippen LogP contribution is 2.31. The number of amides is 2. The molecule has 1 fully saturated rings. The van der Waals surface area contributed by atoms with Crippen LogP contribution in [0.1, 0.15) is 36.1 Å². The van der Waals surface area contributed by atoms with Crippen LogP contribution in [0.3, 0.4) is 0 Å². The summed E-state index contributed by atoms with van der Waals surface area (Å²) < 4.78 is 5.45. The molecule has 0 spiro atoms. The van der Waals surface area contributed by atoms with Gasteiger partial charge in [0.1, 0.15) is 5.76 Å². The highest BCUT2D eigenvalue weighted by Gasteiger charge is 2.22. The predicted octanol–water partition coefficient (Wildman–Crippen LogP) is 3.40. The van der Waals surface area contributed by atoms with Gasteiger partial charge in [0.25, 0.3) is 5.91 Å². The van der Waals surface area contributed by atoms with Crippen molar-refractivity contribution < 1.29 is 14.0 Å². The smallest absolute Gasteiger partial charge is 0.291 e. The number of nitrogens with one attached hydrogen (secondary N) is 3. The third-order valence-corrected chi connectivity index (χ3v) is 3.80. The van der Waals surface area contributed by atoms with Gasteiger partial charge in [-0.2, -0.15) is 0 Å². The number of hydrogen-bond acceptors (Lipinski definition) is 4. The van der Waals surface area contributed by atoms with E-state index in [0.717, 1.165) is 18.5 Å². The molecule has 3 rings (SSSR count). The molecular weight excluding hydrogens is 330 g/mol. The minimum absolute atomic E-state index is 0.160. The van der Waals surface area contributed by atoms with Gasteiger partial charge in [0, 0.05) is 18.0 Å². The molecule has 2 amide bonds. The molecule has 2 aromatic rings. The minimum atomic E-state index is -0.370. The second-order valence-corrected chi connectivity index (χ2v) is 6.17. The Morgan fingerprint density at radius 2 is 2.00 bits per heavy atom. The minimum Gasteiger partial charge on any atom is -0.454 e. The lowest BCUT2D eigenvalue weighted by Gasteiger charge is -2.12. The van der Waals surface area contributed by atoms with Gasteiger partial charge in [-0.25, -0.2) is 0 Å². The zero-order valence-corrected chi connectivity index (χ0v) is 13.9. The van der Waals surface area contributed by atoms with Gasteiger partial charge in [-0.1, -0.05) is 11.6 Å². The van der Waals surface area contributed by atoms with Crippen molar-refractivity contribution in [3.8, 4) is 0 Å². The summed E-state index contributed by atoms with van der Waals surface area (Å²) in [5.41, 5.74) is 1.44. The van der Waals surface area contributed by atoms with Crippen molar-refractivity contribution in [1.29, 1.82) is 0 Å². The van der Waals surface area contributed by atoms with Crippen molar-refractivity contribution in [1.82, 2.24) is 5.32 Å². The number of anilines is 2. The second kappa shape index (κ2) is 6.97. The average molecular weight is 348 g/mol. The van der Waals surface area contributed by atoms with E-state index in [0.29, 0.717) is 22.5 Å². The van der Waals surface area contributed by atoms with Crippen LogP contribution in [0.2, 0.25) is 5.02 Å². The Morgan fingerprint density at radius 1 is 1.21 bits per heavy atom. The Hall–Kier alpha value is -2.47. The van der Waals surface area contributed by atoms with E-state index in [1.165, 1.54) is 6.92 Å². The molecule has 1 aromatic carbocycles. The Bertz CT molecular complexity index is 768. The summed E-state index contributed by atoms with van der Waals surface area (Å²) in [4.78, 5) is 23.3. The van der Waals surface area contributed by atoms with Gasteiger partial charge in [0.05, 0.1) is 17.9 Å². The Kier molecular flexibility index (Phi) is 4.76. The van der Waals surface area contributed by atoms with Crippen LogP contribution in [0, 0.1) is 0 Å². The molecule has 0 saturated heterocycles. The van der Waals surface area contributed by atoms with Gasteiger partial charge in [0.2, 0.25) is 5.91 Å². The number of carbonyl (C=O) groups excluding carboxylic acids is 2. The molecule has 0 unspecified atom stereocenters. The maximum absolute atomic E-state index is 12.4. The molecule has 0 atom stereocenters. The zero-order valence-electron chi connectivity index (χ0n) is 13.2. The fourth-order valence-corrected chi connectivity index (χ4v) is 2.36. The van der Waals surface area contributed by atoms with E-state index in [9.17, 15) is 9.59 Å². The van der Waals surface area contributed by atoms with Crippen molar-refractivity contribution in [2.45, 2.75) is 32.4 Å². The lowest BCUT2D eigenvalue weighted by atomic mass is 10.2. The van der Waals surface area contributed by atoms with Crippen molar-refractivity contribution in [2.24, 2.45) is 0 Å². The molecule has 1 aliphatic rings. The maximum Gasteiger partial charge on any atom is 0.291 e. The number of carbonyl (C=O) groups is 2. The van der Waals surface area contributed by atoms with Crippen molar-refractivity contribution in [2.75, 3.05) is 10.6 Å². The van der Waals surface area contributed by atoms with E-state index in [2.05, 4.69) is 16.0 Å². The molecule has 6 nitrogen and oxygen atoms in total. The molecule has 1 heterocycles. The molecule has 1 saturated carbocycles. The normalized spacial score (nSPS) is 13.4. The fraction of sp³-hybridized carbons (Fsp3) is 0.294. The number of halogens is 1. The second-order valence-electron chi connectivity index (χ2n) is 5.74. The number of rotatable bonds is 6. The summed E-state index contributed by atoms with van der Waals surface area (Å²) in [7, 11) is 0. The number of benzene rings is 1. The molecule has 0 radical (unpaired) electrons. The van der Waals surface area contributed by atoms with Gasteiger partial charge in [-0.15, -0.1) is 0 Å². The summed E-state index contributed by atoms with van der Waals surface area (Å²) in [6.07, 6.45) is 2.25. The first kappa shape index (κ1) is 16.4. The van der Waals surface area contributed by atoms with Gasteiger partial charge in [-0.05, 0) is 43.2 Å². The van der Waals surface area contributed by atoms with Crippen LogP contribution in [0.5, 0.6) is 0 Å². The summed E-state index contributed by atoms with van der Waals surface area (Å²) >= 11 is 6.03.